The van der Waals surface area contributed by atoms with Crippen molar-refractivity contribution in [3.63, 3.8) is 0 Å². The maximum atomic E-state index is 5.77. The van der Waals surface area contributed by atoms with Gasteiger partial charge in [0.1, 0.15) is 5.01 Å². The van der Waals surface area contributed by atoms with Crippen LogP contribution in [0, 0.1) is 0 Å². The summed E-state index contributed by atoms with van der Waals surface area (Å²) in [4.78, 5) is 5.62. The Hall–Kier alpha value is -1.56. The SMILES string of the molecule is CCc1cnc(CNc2nn(C)cc2N)s1. The summed E-state index contributed by atoms with van der Waals surface area (Å²) in [6.07, 6.45) is 4.73. The van der Waals surface area contributed by atoms with Gasteiger partial charge in [0.05, 0.1) is 12.2 Å². The maximum Gasteiger partial charge on any atom is 0.171 e. The first-order valence-corrected chi connectivity index (χ1v) is 5.97. The molecule has 0 radical (unpaired) electrons. The van der Waals surface area contributed by atoms with Crippen LogP contribution in [-0.4, -0.2) is 14.8 Å². The van der Waals surface area contributed by atoms with Crippen molar-refractivity contribution in [3.05, 3.63) is 22.3 Å². The summed E-state index contributed by atoms with van der Waals surface area (Å²) < 4.78 is 1.69. The summed E-state index contributed by atoms with van der Waals surface area (Å²) in [6, 6.07) is 0. The normalized spacial score (nSPS) is 10.6. The molecule has 0 fully saturated rings. The number of aromatic nitrogens is 3. The van der Waals surface area contributed by atoms with E-state index in [2.05, 4.69) is 22.3 Å². The highest BCUT2D eigenvalue weighted by Crippen LogP contribution is 2.18. The molecule has 2 aromatic heterocycles. The molecule has 86 valence electrons. The van der Waals surface area contributed by atoms with Crippen LogP contribution in [0.4, 0.5) is 11.5 Å². The van der Waals surface area contributed by atoms with Crippen LogP contribution in [0.1, 0.15) is 16.8 Å². The zero-order valence-corrected chi connectivity index (χ0v) is 10.2. The number of nitrogens with one attached hydrogen (secondary N) is 1. The molecule has 6 heteroatoms. The zero-order valence-electron chi connectivity index (χ0n) is 9.40. The topological polar surface area (TPSA) is 68.8 Å². The van der Waals surface area contributed by atoms with Crippen LogP contribution < -0.4 is 11.1 Å². The lowest BCUT2D eigenvalue weighted by Crippen LogP contribution is -2.02. The Balaban J connectivity index is 1.99. The smallest absolute Gasteiger partial charge is 0.171 e. The van der Waals surface area contributed by atoms with E-state index in [9.17, 15) is 0 Å². The summed E-state index contributed by atoms with van der Waals surface area (Å²) in [6.45, 7) is 2.80. The fourth-order valence-corrected chi connectivity index (χ4v) is 2.20. The van der Waals surface area contributed by atoms with Crippen LogP contribution >= 0.6 is 11.3 Å². The van der Waals surface area contributed by atoms with Gasteiger partial charge in [-0.3, -0.25) is 4.68 Å². The zero-order chi connectivity index (χ0) is 11.5. The molecule has 0 amide bonds. The van der Waals surface area contributed by atoms with Crippen molar-refractivity contribution >= 4 is 22.8 Å². The Morgan fingerprint density at radius 1 is 1.56 bits per heavy atom. The van der Waals surface area contributed by atoms with Gasteiger partial charge in [0.25, 0.3) is 0 Å². The van der Waals surface area contributed by atoms with Crippen LogP contribution in [0.3, 0.4) is 0 Å². The van der Waals surface area contributed by atoms with Gasteiger partial charge in [-0.15, -0.1) is 11.3 Å². The van der Waals surface area contributed by atoms with Crippen molar-refractivity contribution in [2.45, 2.75) is 19.9 Å². The van der Waals surface area contributed by atoms with E-state index < -0.39 is 0 Å². The van der Waals surface area contributed by atoms with Gasteiger partial charge < -0.3 is 11.1 Å². The molecule has 0 unspecified atom stereocenters. The number of rotatable bonds is 4. The van der Waals surface area contributed by atoms with Crippen molar-refractivity contribution in [2.24, 2.45) is 7.05 Å². The number of hydrogen-bond acceptors (Lipinski definition) is 5. The van der Waals surface area contributed by atoms with Crippen molar-refractivity contribution in [1.29, 1.82) is 0 Å². The van der Waals surface area contributed by atoms with Gasteiger partial charge in [0, 0.05) is 24.3 Å². The summed E-state index contributed by atoms with van der Waals surface area (Å²) in [5.41, 5.74) is 6.44. The van der Waals surface area contributed by atoms with Gasteiger partial charge in [-0.2, -0.15) is 5.10 Å². The van der Waals surface area contributed by atoms with Gasteiger partial charge in [-0.25, -0.2) is 4.98 Å². The molecule has 2 heterocycles. The summed E-state index contributed by atoms with van der Waals surface area (Å²) in [7, 11) is 1.85. The third kappa shape index (κ3) is 2.33. The predicted molar refractivity (Wildman–Crippen MR) is 66.4 cm³/mol. The summed E-state index contributed by atoms with van der Waals surface area (Å²) in [5.74, 6) is 0.718. The Morgan fingerprint density at radius 2 is 2.38 bits per heavy atom. The fraction of sp³-hybridized carbons (Fsp3) is 0.400. The van der Waals surface area contributed by atoms with Crippen molar-refractivity contribution in [2.75, 3.05) is 11.1 Å². The number of nitrogens with two attached hydrogens (primary N) is 1. The van der Waals surface area contributed by atoms with Crippen molar-refractivity contribution in [1.82, 2.24) is 14.8 Å². The van der Waals surface area contributed by atoms with E-state index in [0.717, 1.165) is 17.2 Å². The average Bonchev–Trinajstić information content (AvgIpc) is 2.82. The first-order chi connectivity index (χ1) is 7.69. The lowest BCUT2D eigenvalue weighted by Gasteiger charge is -2.00. The van der Waals surface area contributed by atoms with Gasteiger partial charge in [-0.05, 0) is 6.42 Å². The minimum atomic E-state index is 0.662. The highest BCUT2D eigenvalue weighted by atomic mass is 32.1. The standard InChI is InChI=1S/C10H15N5S/c1-3-7-4-12-9(16-7)5-13-10-8(11)6-15(2)14-10/h4,6H,3,5,11H2,1-2H3,(H,13,14). The largest absolute Gasteiger partial charge is 0.394 e. The Kier molecular flexibility index (Phi) is 3.09. The van der Waals surface area contributed by atoms with Gasteiger partial charge in [0.15, 0.2) is 5.82 Å². The second-order valence-corrected chi connectivity index (χ2v) is 4.73. The van der Waals surface area contributed by atoms with E-state index in [1.807, 2.05) is 13.2 Å². The number of aryl methyl sites for hydroxylation is 2. The van der Waals surface area contributed by atoms with Crippen molar-refractivity contribution < 1.29 is 0 Å². The lowest BCUT2D eigenvalue weighted by atomic mass is 10.4. The molecule has 0 aliphatic rings. The van der Waals surface area contributed by atoms with E-state index >= 15 is 0 Å². The third-order valence-corrected chi connectivity index (χ3v) is 3.36. The second-order valence-electron chi connectivity index (χ2n) is 3.53. The monoisotopic (exact) mass is 237 g/mol. The highest BCUT2D eigenvalue weighted by molar-refractivity contribution is 7.11. The third-order valence-electron chi connectivity index (χ3n) is 2.21. The quantitative estimate of drug-likeness (QED) is 0.848. The molecular weight excluding hydrogens is 222 g/mol. The number of anilines is 2. The molecule has 0 atom stereocenters. The van der Waals surface area contributed by atoms with E-state index in [0.29, 0.717) is 12.2 Å². The van der Waals surface area contributed by atoms with E-state index in [1.165, 1.54) is 4.88 Å². The first kappa shape index (κ1) is 10.9. The van der Waals surface area contributed by atoms with Crippen LogP contribution in [-0.2, 0) is 20.0 Å². The van der Waals surface area contributed by atoms with E-state index in [1.54, 1.807) is 22.2 Å². The molecule has 3 N–H and O–H groups in total. The first-order valence-electron chi connectivity index (χ1n) is 5.15. The minimum absolute atomic E-state index is 0.662. The predicted octanol–water partition coefficient (Wildman–Crippen LogP) is 1.63. The van der Waals surface area contributed by atoms with Gasteiger partial charge in [0.2, 0.25) is 0 Å². The molecule has 0 aliphatic heterocycles. The Morgan fingerprint density at radius 3 is 2.94 bits per heavy atom. The van der Waals surface area contributed by atoms with Crippen LogP contribution in [0.2, 0.25) is 0 Å². The number of nitrogens with zero attached hydrogens (tertiary/aromatic N) is 3. The van der Waals surface area contributed by atoms with E-state index in [-0.39, 0.29) is 0 Å². The molecule has 0 saturated heterocycles. The average molecular weight is 237 g/mol. The molecule has 5 nitrogen and oxygen atoms in total. The van der Waals surface area contributed by atoms with Crippen molar-refractivity contribution in [3.8, 4) is 0 Å². The number of hydrogen-bond donors (Lipinski definition) is 2. The molecule has 0 aliphatic carbocycles. The molecule has 2 aromatic rings. The number of nitrogen functional groups attached to an aromatic ring is 1. The lowest BCUT2D eigenvalue weighted by molar-refractivity contribution is 0.768. The highest BCUT2D eigenvalue weighted by Gasteiger charge is 2.05. The maximum absolute atomic E-state index is 5.77. The molecular formula is C10H15N5S. The second kappa shape index (κ2) is 4.52. The fourth-order valence-electron chi connectivity index (χ4n) is 1.40. The van der Waals surface area contributed by atoms with Gasteiger partial charge in [-0.1, -0.05) is 6.92 Å². The molecule has 0 spiro atoms. The Bertz CT molecular complexity index is 473. The van der Waals surface area contributed by atoms with Crippen LogP contribution in [0.5, 0.6) is 0 Å². The Labute approximate surface area is 98.3 Å². The summed E-state index contributed by atoms with van der Waals surface area (Å²) >= 11 is 1.72. The molecule has 2 rings (SSSR count). The van der Waals surface area contributed by atoms with Crippen LogP contribution in [0.15, 0.2) is 12.4 Å². The van der Waals surface area contributed by atoms with E-state index in [4.69, 9.17) is 5.73 Å². The molecule has 0 bridgehead atoms. The number of thiazole rings is 1. The van der Waals surface area contributed by atoms with Gasteiger partial charge >= 0.3 is 0 Å². The molecule has 0 aromatic carbocycles. The summed E-state index contributed by atoms with van der Waals surface area (Å²) in [5, 5.41) is 8.45. The van der Waals surface area contributed by atoms with Crippen LogP contribution in [0.25, 0.3) is 0 Å². The minimum Gasteiger partial charge on any atom is -0.394 e. The molecule has 16 heavy (non-hydrogen) atoms. The molecule has 0 saturated carbocycles.